The minimum Gasteiger partial charge on any atom is -0.496 e. The van der Waals surface area contributed by atoms with Crippen LogP contribution in [0.25, 0.3) is 11.1 Å². The Kier molecular flexibility index (Phi) is 14.4. The van der Waals surface area contributed by atoms with E-state index in [2.05, 4.69) is 81.3 Å². The topological polar surface area (TPSA) is 80.9 Å². The third-order valence-electron chi connectivity index (χ3n) is 8.57. The maximum absolute atomic E-state index is 13.1. The normalized spacial score (nSPS) is 18.4. The molecule has 6 rings (SSSR count). The summed E-state index contributed by atoms with van der Waals surface area (Å²) in [6.07, 6.45) is 10.8. The van der Waals surface area contributed by atoms with Crippen LogP contribution in [-0.4, -0.2) is 42.2 Å². The fourth-order valence-electron chi connectivity index (χ4n) is 6.17. The Hall–Kier alpha value is -4.00. The summed E-state index contributed by atoms with van der Waals surface area (Å²) in [6, 6.07) is 16.6. The number of hydrogen-bond acceptors (Lipinski definition) is 6. The van der Waals surface area contributed by atoms with Crippen molar-refractivity contribution in [1.29, 1.82) is 0 Å². The highest BCUT2D eigenvalue weighted by atomic mass is 16.6. The Morgan fingerprint density at radius 3 is 2.00 bits per heavy atom. The van der Waals surface area contributed by atoms with E-state index in [0.29, 0.717) is 6.54 Å². The number of nitrogens with zero attached hydrogens (tertiary/aromatic N) is 3. The molecule has 3 aromatic rings. The second-order valence-electron chi connectivity index (χ2n) is 12.2. The summed E-state index contributed by atoms with van der Waals surface area (Å²) in [4.78, 5) is 22.2. The maximum Gasteiger partial charge on any atom is 0.411 e. The van der Waals surface area contributed by atoms with Crippen LogP contribution in [0.3, 0.4) is 0 Å². The fraction of sp³-hybridized carbons (Fsp3) is 0.487. The Morgan fingerprint density at radius 2 is 1.48 bits per heavy atom. The van der Waals surface area contributed by atoms with Crippen LogP contribution in [0.15, 0.2) is 61.3 Å². The van der Waals surface area contributed by atoms with Crippen molar-refractivity contribution >= 4 is 11.9 Å². The fourth-order valence-corrected chi connectivity index (χ4v) is 6.17. The molecule has 2 aliphatic heterocycles. The predicted octanol–water partition coefficient (Wildman–Crippen LogP) is 9.43. The van der Waals surface area contributed by atoms with E-state index in [1.54, 1.807) is 12.0 Å². The van der Waals surface area contributed by atoms with Crippen molar-refractivity contribution in [3.8, 4) is 16.9 Å². The summed E-state index contributed by atoms with van der Waals surface area (Å²) in [5.41, 5.74) is 11.9. The second-order valence-corrected chi connectivity index (χ2v) is 12.2. The van der Waals surface area contributed by atoms with Crippen LogP contribution >= 0.6 is 0 Å². The number of benzene rings is 2. The van der Waals surface area contributed by atoms with Gasteiger partial charge in [0.15, 0.2) is 0 Å². The lowest BCUT2D eigenvalue weighted by atomic mass is 9.98. The van der Waals surface area contributed by atoms with E-state index in [1.165, 1.54) is 62.3 Å². The number of rotatable bonds is 6. The number of amides is 1. The molecule has 3 fully saturated rings. The summed E-state index contributed by atoms with van der Waals surface area (Å²) in [5.74, 6) is 1.74. The second kappa shape index (κ2) is 18.2. The Balaban J connectivity index is 0.000000452. The van der Waals surface area contributed by atoms with E-state index in [1.807, 2.05) is 26.0 Å². The number of cyclic esters (lactones) is 1. The average molecular weight is 629 g/mol. The molecule has 1 amide bonds. The number of pyridine rings is 1. The van der Waals surface area contributed by atoms with Gasteiger partial charge in [-0.1, -0.05) is 99.9 Å². The van der Waals surface area contributed by atoms with Gasteiger partial charge in [-0.25, -0.2) is 9.78 Å². The van der Waals surface area contributed by atoms with Gasteiger partial charge in [-0.3, -0.25) is 4.90 Å². The molecule has 0 bridgehead atoms. The molecule has 3 heterocycles. The van der Waals surface area contributed by atoms with Crippen LogP contribution in [-0.2, 0) is 11.3 Å². The van der Waals surface area contributed by atoms with Crippen LogP contribution in [0.2, 0.25) is 0 Å². The highest BCUT2D eigenvalue weighted by Gasteiger charge is 2.40. The van der Waals surface area contributed by atoms with Gasteiger partial charge >= 0.3 is 6.09 Å². The summed E-state index contributed by atoms with van der Waals surface area (Å²) >= 11 is 0. The number of carbonyl (C=O) groups excluding carboxylic acids is 1. The standard InChI is InChI=1S/C29H33N3O3.C6H12.C2H5N.C2H6/c1-18-7-9-26(34-5)24(16-18)23-8-10-27(31-11-6-12-31)30-25(23)17-32-21(4)28(35-29(32)33)22-14-19(2)13-20(3)15-22;1-2-4-6-5-3-1;1-2-3;1-2/h7-10,13-16,21,28H,6,11-12,17H2,1-5H3;1-6H2;2H,1,3H2;1-2H3. The smallest absolute Gasteiger partial charge is 0.411 e. The average Bonchev–Trinajstić information content (AvgIpc) is 3.31. The first-order valence-corrected chi connectivity index (χ1v) is 17.0. The molecule has 2 aromatic carbocycles. The Morgan fingerprint density at radius 1 is 0.891 bits per heavy atom. The third kappa shape index (κ3) is 9.51. The van der Waals surface area contributed by atoms with Crippen LogP contribution in [0.1, 0.15) is 99.8 Å². The number of ether oxygens (including phenoxy) is 2. The number of hydrogen-bond donors (Lipinski definition) is 1. The molecule has 2 N–H and O–H groups in total. The molecule has 2 unspecified atom stereocenters. The summed E-state index contributed by atoms with van der Waals surface area (Å²) < 4.78 is 11.6. The molecule has 3 aliphatic rings. The van der Waals surface area contributed by atoms with Crippen molar-refractivity contribution in [1.82, 2.24) is 9.88 Å². The summed E-state index contributed by atoms with van der Waals surface area (Å²) in [6.45, 7) is 17.8. The largest absolute Gasteiger partial charge is 0.496 e. The third-order valence-corrected chi connectivity index (χ3v) is 8.57. The number of nitrogens with two attached hydrogens (primary N) is 1. The monoisotopic (exact) mass is 628 g/mol. The van der Waals surface area contributed by atoms with Gasteiger partial charge in [-0.05, 0) is 70.1 Å². The van der Waals surface area contributed by atoms with E-state index in [0.717, 1.165) is 52.6 Å². The molecule has 2 saturated heterocycles. The lowest BCUT2D eigenvalue weighted by molar-refractivity contribution is 0.130. The van der Waals surface area contributed by atoms with Gasteiger partial charge < -0.3 is 20.1 Å². The zero-order chi connectivity index (χ0) is 33.6. The first-order chi connectivity index (χ1) is 22.2. The van der Waals surface area contributed by atoms with Crippen LogP contribution < -0.4 is 15.4 Å². The Labute approximate surface area is 277 Å². The number of aromatic nitrogens is 1. The van der Waals surface area contributed by atoms with Gasteiger partial charge in [-0.15, -0.1) is 0 Å². The maximum atomic E-state index is 13.1. The molecule has 1 aromatic heterocycles. The highest BCUT2D eigenvalue weighted by molar-refractivity contribution is 5.76. The first kappa shape index (κ1) is 36.5. The van der Waals surface area contributed by atoms with Crippen molar-refractivity contribution < 1.29 is 14.3 Å². The first-order valence-electron chi connectivity index (χ1n) is 17.0. The van der Waals surface area contributed by atoms with Crippen LogP contribution in [0, 0.1) is 20.8 Å². The van der Waals surface area contributed by atoms with Crippen molar-refractivity contribution in [2.45, 2.75) is 105 Å². The number of carbonyl (C=O) groups is 1. The zero-order valence-electron chi connectivity index (χ0n) is 29.3. The van der Waals surface area contributed by atoms with Crippen molar-refractivity contribution in [2.24, 2.45) is 5.73 Å². The van der Waals surface area contributed by atoms with Gasteiger partial charge in [0.2, 0.25) is 0 Å². The van der Waals surface area contributed by atoms with Gasteiger partial charge in [0.05, 0.1) is 25.4 Å². The van der Waals surface area contributed by atoms with Gasteiger partial charge in [0, 0.05) is 24.2 Å². The predicted molar refractivity (Wildman–Crippen MR) is 191 cm³/mol. The summed E-state index contributed by atoms with van der Waals surface area (Å²) in [7, 11) is 1.68. The van der Waals surface area contributed by atoms with E-state index >= 15 is 0 Å². The number of anilines is 1. The SMILES string of the molecule is C1CCCCC1.C=CN.CC.COc1ccc(C)cc1-c1ccc(N2CCC2)nc1CN1C(=O)OC(c2cc(C)cc(C)c2)C1C. The number of methoxy groups -OCH3 is 1. The number of aryl methyl sites for hydroxylation is 3. The Bertz CT molecular complexity index is 1380. The van der Waals surface area contributed by atoms with Gasteiger partial charge in [0.1, 0.15) is 17.7 Å². The van der Waals surface area contributed by atoms with Crippen molar-refractivity contribution in [2.75, 3.05) is 25.1 Å². The molecule has 7 nitrogen and oxygen atoms in total. The molecule has 0 spiro atoms. The summed E-state index contributed by atoms with van der Waals surface area (Å²) in [5, 5.41) is 0. The molecule has 0 radical (unpaired) electrons. The van der Waals surface area contributed by atoms with Crippen LogP contribution in [0.5, 0.6) is 5.75 Å². The lowest BCUT2D eigenvalue weighted by Gasteiger charge is -2.33. The molecule has 46 heavy (non-hydrogen) atoms. The van der Waals surface area contributed by atoms with Gasteiger partial charge in [-0.2, -0.15) is 0 Å². The lowest BCUT2D eigenvalue weighted by Crippen LogP contribution is -2.38. The molecular formula is C39H56N4O3. The molecular weight excluding hydrogens is 572 g/mol. The molecule has 1 saturated carbocycles. The van der Waals surface area contributed by atoms with E-state index in [4.69, 9.17) is 14.5 Å². The molecule has 2 atom stereocenters. The van der Waals surface area contributed by atoms with Gasteiger partial charge in [0.25, 0.3) is 0 Å². The van der Waals surface area contributed by atoms with E-state index in [-0.39, 0.29) is 18.2 Å². The molecule has 7 heteroatoms. The zero-order valence-corrected chi connectivity index (χ0v) is 29.3. The highest BCUT2D eigenvalue weighted by Crippen LogP contribution is 2.38. The van der Waals surface area contributed by atoms with Crippen molar-refractivity contribution in [3.63, 3.8) is 0 Å². The minimum atomic E-state index is -0.309. The minimum absolute atomic E-state index is 0.120. The van der Waals surface area contributed by atoms with E-state index in [9.17, 15) is 4.79 Å². The molecule has 1 aliphatic carbocycles. The van der Waals surface area contributed by atoms with Crippen molar-refractivity contribution in [3.05, 3.63) is 89.3 Å². The van der Waals surface area contributed by atoms with E-state index < -0.39 is 0 Å². The molecule has 250 valence electrons. The van der Waals surface area contributed by atoms with Crippen LogP contribution in [0.4, 0.5) is 10.6 Å². The quantitative estimate of drug-likeness (QED) is 0.293.